The van der Waals surface area contributed by atoms with Gasteiger partial charge in [0.25, 0.3) is 17.3 Å². The SMILES string of the molecule is CN(C(=O)c1cc([N+](=O)[O-])cc([N+](=O)[O-])c1)[C@H](Cc1ccccc1)C(=O)N[C@@H](Cc1c[nH]c2ccccc12)C(=O)O. The lowest BCUT2D eigenvalue weighted by Crippen LogP contribution is -2.53. The highest BCUT2D eigenvalue weighted by Crippen LogP contribution is 2.25. The summed E-state index contributed by atoms with van der Waals surface area (Å²) in [7, 11) is 1.27. The molecular weight excluding hydrogens is 534 g/mol. The molecule has 210 valence electrons. The molecule has 3 N–H and O–H groups in total. The van der Waals surface area contributed by atoms with Crippen molar-refractivity contribution in [2.45, 2.75) is 24.9 Å². The molecule has 0 unspecified atom stereocenters. The number of carboxylic acid groups (broad SMARTS) is 1. The third-order valence-corrected chi connectivity index (χ3v) is 6.65. The van der Waals surface area contributed by atoms with Gasteiger partial charge in [-0.1, -0.05) is 48.5 Å². The first kappa shape index (κ1) is 28.4. The monoisotopic (exact) mass is 559 g/mol. The summed E-state index contributed by atoms with van der Waals surface area (Å²) in [4.78, 5) is 64.2. The Labute approximate surface area is 232 Å². The molecular formula is C28H25N5O8. The van der Waals surface area contributed by atoms with Gasteiger partial charge in [0.05, 0.1) is 21.5 Å². The van der Waals surface area contributed by atoms with Crippen molar-refractivity contribution in [3.63, 3.8) is 0 Å². The van der Waals surface area contributed by atoms with Crippen LogP contribution in [0.2, 0.25) is 0 Å². The van der Waals surface area contributed by atoms with Gasteiger partial charge in [0.2, 0.25) is 5.91 Å². The van der Waals surface area contributed by atoms with Gasteiger partial charge >= 0.3 is 5.97 Å². The average molecular weight is 560 g/mol. The maximum absolute atomic E-state index is 13.6. The lowest BCUT2D eigenvalue weighted by Gasteiger charge is -2.29. The maximum Gasteiger partial charge on any atom is 0.326 e. The number of rotatable bonds is 11. The Balaban J connectivity index is 1.65. The van der Waals surface area contributed by atoms with E-state index in [0.29, 0.717) is 11.1 Å². The number of carbonyl (C=O) groups is 3. The van der Waals surface area contributed by atoms with Gasteiger partial charge in [0, 0.05) is 49.1 Å². The van der Waals surface area contributed by atoms with Crippen LogP contribution in [0.1, 0.15) is 21.5 Å². The van der Waals surface area contributed by atoms with Gasteiger partial charge in [0.15, 0.2) is 0 Å². The number of para-hydroxylation sites is 1. The molecule has 0 aliphatic carbocycles. The van der Waals surface area contributed by atoms with Crippen LogP contribution in [0.25, 0.3) is 10.9 Å². The summed E-state index contributed by atoms with van der Waals surface area (Å²) in [6.07, 6.45) is 1.60. The van der Waals surface area contributed by atoms with Crippen LogP contribution in [0, 0.1) is 20.2 Å². The van der Waals surface area contributed by atoms with Crippen LogP contribution >= 0.6 is 0 Å². The molecule has 2 atom stereocenters. The summed E-state index contributed by atoms with van der Waals surface area (Å²) in [6.45, 7) is 0. The number of nitro groups is 2. The van der Waals surface area contributed by atoms with Gasteiger partial charge in [0.1, 0.15) is 12.1 Å². The number of fused-ring (bicyclic) bond motifs is 1. The minimum atomic E-state index is -1.35. The lowest BCUT2D eigenvalue weighted by molar-refractivity contribution is -0.394. The Morgan fingerprint density at radius 3 is 2.15 bits per heavy atom. The van der Waals surface area contributed by atoms with E-state index < -0.39 is 51.1 Å². The normalized spacial score (nSPS) is 12.3. The highest BCUT2D eigenvalue weighted by Gasteiger charge is 2.33. The quantitative estimate of drug-likeness (QED) is 0.184. The van der Waals surface area contributed by atoms with E-state index in [1.807, 2.05) is 24.3 Å². The summed E-state index contributed by atoms with van der Waals surface area (Å²) in [6, 6.07) is 15.9. The molecule has 1 aromatic heterocycles. The summed E-state index contributed by atoms with van der Waals surface area (Å²) in [5.74, 6) is -2.96. The molecule has 0 radical (unpaired) electrons. The molecule has 0 fully saturated rings. The molecule has 13 heteroatoms. The van der Waals surface area contributed by atoms with Crippen molar-refractivity contribution in [2.24, 2.45) is 0 Å². The number of benzene rings is 3. The predicted octanol–water partition coefficient (Wildman–Crippen LogP) is 3.48. The van der Waals surface area contributed by atoms with Crippen molar-refractivity contribution in [2.75, 3.05) is 7.05 Å². The first-order chi connectivity index (χ1) is 19.5. The molecule has 0 bridgehead atoms. The van der Waals surface area contributed by atoms with E-state index in [1.165, 1.54) is 7.05 Å². The molecule has 4 rings (SSSR count). The van der Waals surface area contributed by atoms with Crippen molar-refractivity contribution in [1.29, 1.82) is 0 Å². The zero-order valence-electron chi connectivity index (χ0n) is 21.7. The van der Waals surface area contributed by atoms with Crippen LogP contribution in [0.3, 0.4) is 0 Å². The second kappa shape index (κ2) is 12.1. The van der Waals surface area contributed by atoms with Crippen molar-refractivity contribution >= 4 is 40.1 Å². The zero-order chi connectivity index (χ0) is 29.7. The fraction of sp³-hybridized carbons (Fsp3) is 0.179. The van der Waals surface area contributed by atoms with Crippen molar-refractivity contribution < 1.29 is 29.3 Å². The second-order valence-corrected chi connectivity index (χ2v) is 9.34. The van der Waals surface area contributed by atoms with Crippen LogP contribution < -0.4 is 5.32 Å². The van der Waals surface area contributed by atoms with Crippen LogP contribution in [0.4, 0.5) is 11.4 Å². The number of nitrogens with one attached hydrogen (secondary N) is 2. The first-order valence-corrected chi connectivity index (χ1v) is 12.4. The molecule has 0 saturated heterocycles. The number of aliphatic carboxylic acids is 1. The van der Waals surface area contributed by atoms with E-state index in [0.717, 1.165) is 34.0 Å². The molecule has 4 aromatic rings. The Hall–Kier alpha value is -5.59. The first-order valence-electron chi connectivity index (χ1n) is 12.4. The van der Waals surface area contributed by atoms with E-state index in [-0.39, 0.29) is 18.4 Å². The van der Waals surface area contributed by atoms with Gasteiger partial charge in [-0.3, -0.25) is 29.8 Å². The van der Waals surface area contributed by atoms with Crippen molar-refractivity contribution in [3.8, 4) is 0 Å². The number of carbonyl (C=O) groups excluding carboxylic acids is 2. The maximum atomic E-state index is 13.6. The molecule has 41 heavy (non-hydrogen) atoms. The van der Waals surface area contributed by atoms with Gasteiger partial charge in [-0.15, -0.1) is 0 Å². The largest absolute Gasteiger partial charge is 0.480 e. The highest BCUT2D eigenvalue weighted by molar-refractivity contribution is 5.99. The smallest absolute Gasteiger partial charge is 0.326 e. The van der Waals surface area contributed by atoms with Gasteiger partial charge in [-0.2, -0.15) is 0 Å². The Morgan fingerprint density at radius 1 is 0.927 bits per heavy atom. The number of non-ortho nitro benzene ring substituents is 2. The van der Waals surface area contributed by atoms with Crippen LogP contribution in [-0.4, -0.2) is 61.8 Å². The molecule has 0 spiro atoms. The third kappa shape index (κ3) is 6.53. The Morgan fingerprint density at radius 2 is 1.54 bits per heavy atom. The number of carboxylic acids is 1. The minimum absolute atomic E-state index is 0.0225. The molecule has 2 amide bonds. The Bertz CT molecular complexity index is 1600. The number of aromatic nitrogens is 1. The number of nitrogens with zero attached hydrogens (tertiary/aromatic N) is 3. The minimum Gasteiger partial charge on any atom is -0.480 e. The highest BCUT2D eigenvalue weighted by atomic mass is 16.6. The molecule has 3 aromatic carbocycles. The number of nitro benzene ring substituents is 2. The summed E-state index contributed by atoms with van der Waals surface area (Å²) in [5, 5.41) is 35.9. The Kier molecular flexibility index (Phi) is 8.37. The standard InChI is InChI=1S/C28H25N5O8/c1-31(27(35)18-12-20(32(38)39)15-21(13-18)33(40)41)25(11-17-7-3-2-4-8-17)26(34)30-24(28(36)37)14-19-16-29-23-10-6-5-9-22(19)23/h2-10,12-13,15-16,24-25,29H,11,14H2,1H3,(H,30,34)(H,36,37)/t24-,25+/m0/s1. The molecule has 0 saturated carbocycles. The van der Waals surface area contributed by atoms with Gasteiger partial charge in [-0.05, 0) is 17.2 Å². The number of aromatic amines is 1. The van der Waals surface area contributed by atoms with E-state index in [2.05, 4.69) is 10.3 Å². The summed E-state index contributed by atoms with van der Waals surface area (Å²) < 4.78 is 0. The fourth-order valence-electron chi connectivity index (χ4n) is 4.51. The van der Waals surface area contributed by atoms with Crippen LogP contribution in [-0.2, 0) is 22.4 Å². The fourth-order valence-corrected chi connectivity index (χ4v) is 4.51. The average Bonchev–Trinajstić information content (AvgIpc) is 3.37. The number of hydrogen-bond donors (Lipinski definition) is 3. The third-order valence-electron chi connectivity index (χ3n) is 6.65. The second-order valence-electron chi connectivity index (χ2n) is 9.34. The molecule has 0 aliphatic heterocycles. The number of amides is 2. The topological polar surface area (TPSA) is 189 Å². The van der Waals surface area contributed by atoms with Gasteiger partial charge in [-0.25, -0.2) is 4.79 Å². The van der Waals surface area contributed by atoms with E-state index in [1.54, 1.807) is 36.5 Å². The summed E-state index contributed by atoms with van der Waals surface area (Å²) >= 11 is 0. The number of H-pyrrole nitrogens is 1. The number of hydrogen-bond acceptors (Lipinski definition) is 7. The predicted molar refractivity (Wildman–Crippen MR) is 147 cm³/mol. The van der Waals surface area contributed by atoms with E-state index in [9.17, 15) is 39.7 Å². The van der Waals surface area contributed by atoms with E-state index >= 15 is 0 Å². The molecule has 0 aliphatic rings. The number of likely N-dealkylation sites (N-methyl/N-ethyl adjacent to an activating group) is 1. The van der Waals surface area contributed by atoms with E-state index in [4.69, 9.17) is 0 Å². The lowest BCUT2D eigenvalue weighted by atomic mass is 10.0. The van der Waals surface area contributed by atoms with Crippen LogP contribution in [0.5, 0.6) is 0 Å². The van der Waals surface area contributed by atoms with Crippen LogP contribution in [0.15, 0.2) is 79.0 Å². The molecule has 1 heterocycles. The van der Waals surface area contributed by atoms with Gasteiger partial charge < -0.3 is 20.3 Å². The zero-order valence-corrected chi connectivity index (χ0v) is 21.7. The van der Waals surface area contributed by atoms with Crippen molar-refractivity contribution in [1.82, 2.24) is 15.2 Å². The summed E-state index contributed by atoms with van der Waals surface area (Å²) in [5.41, 5.74) is 0.431. The van der Waals surface area contributed by atoms with Crippen molar-refractivity contribution in [3.05, 3.63) is 116 Å². The molecule has 13 nitrogen and oxygen atoms in total.